The SMILES string of the molecule is CCOC(=O)C1CSCN1C(=O)CN1C=CC=C(C(=O)NNS(C)(=O)=O)C1. The van der Waals surface area contributed by atoms with Crippen molar-refractivity contribution in [3.05, 3.63) is 23.9 Å². The van der Waals surface area contributed by atoms with Crippen molar-refractivity contribution in [2.45, 2.75) is 13.0 Å². The fourth-order valence-electron chi connectivity index (χ4n) is 2.47. The lowest BCUT2D eigenvalue weighted by atomic mass is 10.1. The number of carbonyl (C=O) groups is 3. The predicted molar refractivity (Wildman–Crippen MR) is 99.5 cm³/mol. The van der Waals surface area contributed by atoms with Gasteiger partial charge in [-0.2, -0.15) is 0 Å². The molecule has 10 nitrogen and oxygen atoms in total. The minimum absolute atomic E-state index is 0.0168. The number of nitrogens with one attached hydrogen (secondary N) is 2. The number of hydrogen-bond acceptors (Lipinski definition) is 8. The first-order valence-electron chi connectivity index (χ1n) is 8.13. The molecule has 0 saturated carbocycles. The first-order chi connectivity index (χ1) is 12.7. The van der Waals surface area contributed by atoms with Gasteiger partial charge < -0.3 is 14.5 Å². The zero-order valence-corrected chi connectivity index (χ0v) is 16.6. The topological polar surface area (TPSA) is 125 Å². The van der Waals surface area contributed by atoms with Gasteiger partial charge in [-0.3, -0.25) is 15.0 Å². The second-order valence-corrected chi connectivity index (χ2v) is 8.65. The van der Waals surface area contributed by atoms with Gasteiger partial charge in [-0.25, -0.2) is 13.2 Å². The molecule has 0 aromatic heterocycles. The summed E-state index contributed by atoms with van der Waals surface area (Å²) in [4.78, 5) is 41.6. The fraction of sp³-hybridized carbons (Fsp3) is 0.533. The van der Waals surface area contributed by atoms with E-state index in [0.717, 1.165) is 6.26 Å². The smallest absolute Gasteiger partial charge is 0.329 e. The van der Waals surface area contributed by atoms with E-state index in [1.165, 1.54) is 22.7 Å². The number of ether oxygens (including phenoxy) is 1. The molecule has 0 radical (unpaired) electrons. The summed E-state index contributed by atoms with van der Waals surface area (Å²) >= 11 is 1.48. The third-order valence-electron chi connectivity index (χ3n) is 3.71. The first kappa shape index (κ1) is 21.3. The highest BCUT2D eigenvalue weighted by Crippen LogP contribution is 2.22. The minimum atomic E-state index is -3.57. The molecule has 2 aliphatic heterocycles. The van der Waals surface area contributed by atoms with Crippen LogP contribution in [-0.2, 0) is 29.1 Å². The van der Waals surface area contributed by atoms with Crippen LogP contribution in [0.4, 0.5) is 0 Å². The summed E-state index contributed by atoms with van der Waals surface area (Å²) in [6, 6.07) is -0.603. The Morgan fingerprint density at radius 1 is 1.37 bits per heavy atom. The van der Waals surface area contributed by atoms with Gasteiger partial charge in [0.15, 0.2) is 0 Å². The molecule has 0 aromatic rings. The van der Waals surface area contributed by atoms with E-state index in [1.807, 2.05) is 4.83 Å². The number of thioether (sulfide) groups is 1. The lowest BCUT2D eigenvalue weighted by molar-refractivity contribution is -0.152. The Labute approximate surface area is 162 Å². The number of rotatable bonds is 7. The van der Waals surface area contributed by atoms with Gasteiger partial charge in [-0.05, 0) is 19.2 Å². The Kier molecular flexibility index (Phi) is 7.27. The van der Waals surface area contributed by atoms with Crippen LogP contribution in [0.15, 0.2) is 23.9 Å². The molecule has 12 heteroatoms. The van der Waals surface area contributed by atoms with Gasteiger partial charge in [0.05, 0.1) is 25.3 Å². The predicted octanol–water partition coefficient (Wildman–Crippen LogP) is -1.21. The zero-order valence-electron chi connectivity index (χ0n) is 15.0. The summed E-state index contributed by atoms with van der Waals surface area (Å²) in [6.07, 6.45) is 5.70. The number of hydrogen-bond donors (Lipinski definition) is 2. The van der Waals surface area contributed by atoms with E-state index in [0.29, 0.717) is 17.2 Å². The van der Waals surface area contributed by atoms with Crippen LogP contribution >= 0.6 is 11.8 Å². The Hall–Kier alpha value is -2.05. The second-order valence-electron chi connectivity index (χ2n) is 5.90. The molecule has 1 atom stereocenters. The van der Waals surface area contributed by atoms with E-state index in [4.69, 9.17) is 4.74 Å². The Morgan fingerprint density at radius 2 is 2.11 bits per heavy atom. The van der Waals surface area contributed by atoms with Gasteiger partial charge in [-0.1, -0.05) is 6.08 Å². The molecule has 1 saturated heterocycles. The zero-order chi connectivity index (χ0) is 20.0. The van der Waals surface area contributed by atoms with E-state index in [-0.39, 0.29) is 25.6 Å². The van der Waals surface area contributed by atoms with Crippen LogP contribution in [0.25, 0.3) is 0 Å². The van der Waals surface area contributed by atoms with Crippen LogP contribution in [0.1, 0.15) is 6.92 Å². The maximum Gasteiger partial charge on any atom is 0.329 e. The van der Waals surface area contributed by atoms with Crippen molar-refractivity contribution in [1.29, 1.82) is 0 Å². The van der Waals surface area contributed by atoms with E-state index in [1.54, 1.807) is 24.1 Å². The number of esters is 1. The second kappa shape index (κ2) is 9.24. The van der Waals surface area contributed by atoms with Crippen molar-refractivity contribution in [3.63, 3.8) is 0 Å². The van der Waals surface area contributed by atoms with Crippen LogP contribution in [-0.4, -0.2) is 79.6 Å². The van der Waals surface area contributed by atoms with Crippen molar-refractivity contribution in [2.75, 3.05) is 37.6 Å². The van der Waals surface area contributed by atoms with Gasteiger partial charge in [0, 0.05) is 17.9 Å². The Morgan fingerprint density at radius 3 is 2.78 bits per heavy atom. The molecule has 2 N–H and O–H groups in total. The molecule has 0 aliphatic carbocycles. The van der Waals surface area contributed by atoms with Crippen molar-refractivity contribution in [3.8, 4) is 0 Å². The van der Waals surface area contributed by atoms with E-state index < -0.39 is 27.9 Å². The van der Waals surface area contributed by atoms with E-state index in [2.05, 4.69) is 5.43 Å². The molecule has 1 unspecified atom stereocenters. The fourth-order valence-corrected chi connectivity index (χ4v) is 3.91. The summed E-state index contributed by atoms with van der Waals surface area (Å²) in [7, 11) is -3.57. The summed E-state index contributed by atoms with van der Waals surface area (Å²) in [5, 5.41) is 0. The molecule has 150 valence electrons. The van der Waals surface area contributed by atoms with Gasteiger partial charge >= 0.3 is 5.97 Å². The quantitative estimate of drug-likeness (QED) is 0.390. The number of hydrazine groups is 1. The highest BCUT2D eigenvalue weighted by Gasteiger charge is 2.36. The maximum absolute atomic E-state index is 12.6. The average molecular weight is 418 g/mol. The highest BCUT2D eigenvalue weighted by molar-refractivity contribution is 7.99. The maximum atomic E-state index is 12.6. The van der Waals surface area contributed by atoms with Crippen LogP contribution in [0.2, 0.25) is 0 Å². The third kappa shape index (κ3) is 6.26. The van der Waals surface area contributed by atoms with Crippen LogP contribution in [0.5, 0.6) is 0 Å². The molecule has 2 rings (SSSR count). The van der Waals surface area contributed by atoms with Gasteiger partial charge in [0.1, 0.15) is 6.04 Å². The molecule has 2 amide bonds. The van der Waals surface area contributed by atoms with Crippen LogP contribution < -0.4 is 10.3 Å². The van der Waals surface area contributed by atoms with Crippen LogP contribution in [0, 0.1) is 0 Å². The summed E-state index contributed by atoms with van der Waals surface area (Å²) in [5.74, 6) is -0.384. The Balaban J connectivity index is 1.91. The lowest BCUT2D eigenvalue weighted by Crippen LogP contribution is -2.47. The molecule has 27 heavy (non-hydrogen) atoms. The van der Waals surface area contributed by atoms with E-state index >= 15 is 0 Å². The molecule has 2 aliphatic rings. The molecular weight excluding hydrogens is 396 g/mol. The number of nitrogens with zero attached hydrogens (tertiary/aromatic N) is 2. The third-order valence-corrected chi connectivity index (χ3v) is 5.19. The molecule has 0 spiro atoms. The average Bonchev–Trinajstić information content (AvgIpc) is 3.09. The van der Waals surface area contributed by atoms with Crippen LogP contribution in [0.3, 0.4) is 0 Å². The monoisotopic (exact) mass is 418 g/mol. The first-order valence-corrected chi connectivity index (χ1v) is 11.2. The molecular formula is C15H22N4O6S2. The summed E-state index contributed by atoms with van der Waals surface area (Å²) in [5.41, 5.74) is 2.38. The number of carbonyl (C=O) groups excluding carboxylic acids is 3. The largest absolute Gasteiger partial charge is 0.464 e. The Bertz CT molecular complexity index is 764. The summed E-state index contributed by atoms with van der Waals surface area (Å²) < 4.78 is 27.1. The van der Waals surface area contributed by atoms with E-state index in [9.17, 15) is 22.8 Å². The van der Waals surface area contributed by atoms with Gasteiger partial charge in [0.2, 0.25) is 15.9 Å². The molecule has 0 aromatic carbocycles. The summed E-state index contributed by atoms with van der Waals surface area (Å²) in [6.45, 7) is 2.07. The molecule has 1 fully saturated rings. The number of allylic oxidation sites excluding steroid dienone is 2. The highest BCUT2D eigenvalue weighted by atomic mass is 32.2. The van der Waals surface area contributed by atoms with Crippen molar-refractivity contribution in [2.24, 2.45) is 0 Å². The normalized spacial score (nSPS) is 19.6. The minimum Gasteiger partial charge on any atom is -0.464 e. The molecule has 0 bridgehead atoms. The standard InChI is InChI=1S/C15H22N4O6S2/c1-3-25-15(22)12-9-26-10-19(12)13(20)8-18-6-4-5-11(7-18)14(21)16-17-27(2,23)24/h4-6,12,17H,3,7-10H2,1-2H3,(H,16,21). The van der Waals surface area contributed by atoms with Gasteiger partial charge in [-0.15, -0.1) is 16.6 Å². The number of amides is 2. The lowest BCUT2D eigenvalue weighted by Gasteiger charge is -2.28. The van der Waals surface area contributed by atoms with Crippen molar-refractivity contribution >= 4 is 39.6 Å². The number of sulfonamides is 1. The molecule has 2 heterocycles. The van der Waals surface area contributed by atoms with Crippen molar-refractivity contribution < 1.29 is 27.5 Å². The van der Waals surface area contributed by atoms with Gasteiger partial charge in [0.25, 0.3) is 5.91 Å². The van der Waals surface area contributed by atoms with Crippen molar-refractivity contribution in [1.82, 2.24) is 20.1 Å².